The van der Waals surface area contributed by atoms with E-state index in [4.69, 9.17) is 0 Å². The van der Waals surface area contributed by atoms with Crippen LogP contribution in [-0.2, 0) is 11.3 Å². The quantitative estimate of drug-likeness (QED) is 0.540. The number of amides is 1. The highest BCUT2D eigenvalue weighted by Gasteiger charge is 2.17. The van der Waals surface area contributed by atoms with Crippen LogP contribution in [0.25, 0.3) is 0 Å². The number of benzene rings is 2. The van der Waals surface area contributed by atoms with Crippen LogP contribution in [-0.4, -0.2) is 21.4 Å². The Balaban J connectivity index is 1.54. The van der Waals surface area contributed by atoms with Crippen LogP contribution in [0.1, 0.15) is 23.6 Å². The third kappa shape index (κ3) is 5.30. The van der Waals surface area contributed by atoms with Crippen molar-refractivity contribution in [2.24, 2.45) is 0 Å². The van der Waals surface area contributed by atoms with E-state index in [1.165, 1.54) is 46.4 Å². The molecule has 3 aromatic rings. The van der Waals surface area contributed by atoms with Crippen LogP contribution in [0.2, 0.25) is 0 Å². The van der Waals surface area contributed by atoms with Gasteiger partial charge < -0.3 is 10.6 Å². The van der Waals surface area contributed by atoms with E-state index in [0.717, 1.165) is 15.6 Å². The Hall–Kier alpha value is -2.45. The molecule has 1 atom stereocenters. The molecular formula is C20H21FN4OS2. The van der Waals surface area contributed by atoms with Crippen molar-refractivity contribution in [2.75, 3.05) is 5.32 Å². The van der Waals surface area contributed by atoms with Gasteiger partial charge in [-0.1, -0.05) is 47.4 Å². The van der Waals surface area contributed by atoms with Crippen LogP contribution >= 0.6 is 23.1 Å². The molecule has 0 radical (unpaired) electrons. The lowest BCUT2D eigenvalue weighted by atomic mass is 10.1. The van der Waals surface area contributed by atoms with Gasteiger partial charge in [-0.15, -0.1) is 10.2 Å². The van der Waals surface area contributed by atoms with Gasteiger partial charge in [0.1, 0.15) is 5.82 Å². The molecule has 1 unspecified atom stereocenters. The summed E-state index contributed by atoms with van der Waals surface area (Å²) in [6.07, 6.45) is 0. The van der Waals surface area contributed by atoms with E-state index < -0.39 is 0 Å². The number of aromatic nitrogens is 2. The first kappa shape index (κ1) is 20.3. The Morgan fingerprint density at radius 1 is 1.18 bits per heavy atom. The summed E-state index contributed by atoms with van der Waals surface area (Å²) < 4.78 is 13.6. The van der Waals surface area contributed by atoms with E-state index in [9.17, 15) is 9.18 Å². The van der Waals surface area contributed by atoms with Gasteiger partial charge in [0.25, 0.3) is 0 Å². The standard InChI is InChI=1S/C20H21FN4OS2/c1-12-5-4-6-17(13(12)2)23-19-24-25-20(28-19)27-14(3)18(26)22-11-15-7-9-16(21)10-8-15/h4-10,14H,11H2,1-3H3,(H,22,26)(H,23,24). The Labute approximate surface area is 171 Å². The molecule has 0 saturated carbocycles. The van der Waals surface area contributed by atoms with E-state index >= 15 is 0 Å². The van der Waals surface area contributed by atoms with Gasteiger partial charge in [0.2, 0.25) is 11.0 Å². The topological polar surface area (TPSA) is 66.9 Å². The zero-order valence-electron chi connectivity index (χ0n) is 15.8. The first-order valence-corrected chi connectivity index (χ1v) is 10.5. The highest BCUT2D eigenvalue weighted by atomic mass is 32.2. The third-order valence-electron chi connectivity index (χ3n) is 4.28. The highest BCUT2D eigenvalue weighted by molar-refractivity contribution is 8.02. The lowest BCUT2D eigenvalue weighted by molar-refractivity contribution is -0.120. The number of rotatable bonds is 7. The van der Waals surface area contributed by atoms with Crippen LogP contribution in [0.5, 0.6) is 0 Å². The fourth-order valence-corrected chi connectivity index (χ4v) is 4.38. The third-order valence-corrected chi connectivity index (χ3v) is 6.30. The van der Waals surface area contributed by atoms with Crippen molar-refractivity contribution in [3.8, 4) is 0 Å². The molecule has 8 heteroatoms. The van der Waals surface area contributed by atoms with E-state index in [1.807, 2.05) is 19.1 Å². The molecule has 146 valence electrons. The SMILES string of the molecule is Cc1cccc(Nc2nnc(SC(C)C(=O)NCc3ccc(F)cc3)s2)c1C. The first-order valence-electron chi connectivity index (χ1n) is 8.78. The van der Waals surface area contributed by atoms with Crippen molar-refractivity contribution in [2.45, 2.75) is 36.9 Å². The molecule has 5 nitrogen and oxygen atoms in total. The molecule has 1 amide bonds. The maximum atomic E-state index is 12.9. The Bertz CT molecular complexity index is 959. The summed E-state index contributed by atoms with van der Waals surface area (Å²) in [6.45, 7) is 6.31. The smallest absolute Gasteiger partial charge is 0.233 e. The van der Waals surface area contributed by atoms with E-state index in [1.54, 1.807) is 12.1 Å². The summed E-state index contributed by atoms with van der Waals surface area (Å²) in [6, 6.07) is 12.1. The van der Waals surface area contributed by atoms with Crippen LogP contribution in [0.4, 0.5) is 15.2 Å². The van der Waals surface area contributed by atoms with Gasteiger partial charge >= 0.3 is 0 Å². The second kappa shape index (κ2) is 9.16. The van der Waals surface area contributed by atoms with Crippen LogP contribution in [0.3, 0.4) is 0 Å². The predicted molar refractivity (Wildman–Crippen MR) is 113 cm³/mol. The van der Waals surface area contributed by atoms with Gasteiger partial charge in [0.05, 0.1) is 5.25 Å². The summed E-state index contributed by atoms with van der Waals surface area (Å²) >= 11 is 2.77. The summed E-state index contributed by atoms with van der Waals surface area (Å²) in [5.74, 6) is -0.394. The average molecular weight is 417 g/mol. The number of carbonyl (C=O) groups excluding carboxylic acids is 1. The van der Waals surface area contributed by atoms with Gasteiger partial charge in [-0.25, -0.2) is 4.39 Å². The first-order chi connectivity index (χ1) is 13.4. The average Bonchev–Trinajstić information content (AvgIpc) is 3.11. The number of thioether (sulfide) groups is 1. The molecule has 0 spiro atoms. The molecule has 1 aromatic heterocycles. The fourth-order valence-electron chi connectivity index (χ4n) is 2.45. The normalized spacial score (nSPS) is 11.9. The van der Waals surface area contributed by atoms with Crippen molar-refractivity contribution >= 4 is 39.8 Å². The number of carbonyl (C=O) groups is 1. The minimum absolute atomic E-state index is 0.103. The number of nitrogens with one attached hydrogen (secondary N) is 2. The molecule has 3 rings (SSSR count). The number of anilines is 2. The van der Waals surface area contributed by atoms with E-state index in [-0.39, 0.29) is 17.0 Å². The summed E-state index contributed by atoms with van der Waals surface area (Å²) in [5, 5.41) is 14.8. The second-order valence-corrected chi connectivity index (χ2v) is 8.92. The minimum atomic E-state index is -0.318. The Morgan fingerprint density at radius 2 is 1.93 bits per heavy atom. The zero-order valence-corrected chi connectivity index (χ0v) is 17.5. The lowest BCUT2D eigenvalue weighted by Gasteiger charge is -2.10. The minimum Gasteiger partial charge on any atom is -0.351 e. The highest BCUT2D eigenvalue weighted by Crippen LogP contribution is 2.31. The van der Waals surface area contributed by atoms with Crippen molar-refractivity contribution < 1.29 is 9.18 Å². The number of halogens is 1. The monoisotopic (exact) mass is 416 g/mol. The molecule has 0 bridgehead atoms. The van der Waals surface area contributed by atoms with Gasteiger partial charge in [-0.05, 0) is 55.7 Å². The number of aryl methyl sites for hydroxylation is 1. The Morgan fingerprint density at radius 3 is 2.68 bits per heavy atom. The maximum absolute atomic E-state index is 12.9. The summed E-state index contributed by atoms with van der Waals surface area (Å²) in [5.41, 5.74) is 4.22. The lowest BCUT2D eigenvalue weighted by Crippen LogP contribution is -2.30. The molecule has 0 fully saturated rings. The van der Waals surface area contributed by atoms with Gasteiger partial charge in [-0.3, -0.25) is 4.79 Å². The fraction of sp³-hybridized carbons (Fsp3) is 0.250. The molecule has 0 aliphatic heterocycles. The zero-order chi connectivity index (χ0) is 20.1. The van der Waals surface area contributed by atoms with Crippen LogP contribution in [0, 0.1) is 19.7 Å². The molecule has 0 saturated heterocycles. The van der Waals surface area contributed by atoms with Crippen molar-refractivity contribution in [1.29, 1.82) is 0 Å². The van der Waals surface area contributed by atoms with E-state index in [2.05, 4.69) is 40.7 Å². The molecule has 28 heavy (non-hydrogen) atoms. The Kier molecular flexibility index (Phi) is 6.64. The van der Waals surface area contributed by atoms with Crippen molar-refractivity contribution in [3.63, 3.8) is 0 Å². The molecule has 1 heterocycles. The summed E-state index contributed by atoms with van der Waals surface area (Å²) in [4.78, 5) is 12.3. The van der Waals surface area contributed by atoms with Gasteiger partial charge in [0.15, 0.2) is 4.34 Å². The molecule has 2 aromatic carbocycles. The second-order valence-electron chi connectivity index (χ2n) is 6.35. The predicted octanol–water partition coefficient (Wildman–Crippen LogP) is 4.83. The number of hydrogen-bond acceptors (Lipinski definition) is 6. The van der Waals surface area contributed by atoms with E-state index in [0.29, 0.717) is 11.7 Å². The van der Waals surface area contributed by atoms with Crippen molar-refractivity contribution in [1.82, 2.24) is 15.5 Å². The molecule has 0 aliphatic carbocycles. The maximum Gasteiger partial charge on any atom is 0.233 e. The van der Waals surface area contributed by atoms with Crippen LogP contribution < -0.4 is 10.6 Å². The summed E-state index contributed by atoms with van der Waals surface area (Å²) in [7, 11) is 0. The van der Waals surface area contributed by atoms with Gasteiger partial charge in [0, 0.05) is 12.2 Å². The van der Waals surface area contributed by atoms with Crippen molar-refractivity contribution in [3.05, 3.63) is 65.0 Å². The molecule has 0 aliphatic rings. The largest absolute Gasteiger partial charge is 0.351 e. The number of nitrogens with zero attached hydrogens (tertiary/aromatic N) is 2. The molecule has 2 N–H and O–H groups in total. The van der Waals surface area contributed by atoms with Crippen LogP contribution in [0.15, 0.2) is 46.8 Å². The molecular weight excluding hydrogens is 395 g/mol. The number of hydrogen-bond donors (Lipinski definition) is 2. The van der Waals surface area contributed by atoms with Gasteiger partial charge in [-0.2, -0.15) is 0 Å².